The van der Waals surface area contributed by atoms with Gasteiger partial charge in [-0.25, -0.2) is 0 Å². The fourth-order valence-electron chi connectivity index (χ4n) is 3.98. The zero-order chi connectivity index (χ0) is 22.7. The second kappa shape index (κ2) is 7.49. The van der Waals surface area contributed by atoms with Crippen molar-refractivity contribution in [3.63, 3.8) is 0 Å². The Morgan fingerprint density at radius 1 is 1.03 bits per heavy atom. The molecule has 5 atom stereocenters. The van der Waals surface area contributed by atoms with E-state index in [0.717, 1.165) is 5.70 Å². The van der Waals surface area contributed by atoms with Gasteiger partial charge < -0.3 is 13.8 Å². The van der Waals surface area contributed by atoms with E-state index in [2.05, 4.69) is 93.9 Å². The van der Waals surface area contributed by atoms with Gasteiger partial charge in [-0.2, -0.15) is 0 Å². The first-order valence-corrected chi connectivity index (χ1v) is 16.8. The number of carbonyl (C=O) groups excluding carboxylic acids is 1. The number of β-lactam (4-membered cyclic amide) rings is 1. The maximum atomic E-state index is 13.2. The zero-order valence-electron chi connectivity index (χ0n) is 20.8. The Labute approximate surface area is 181 Å². The molecule has 0 saturated carbocycles. The SMILES string of the molecule is C=C=C1[C@@H](O[Si](C)(C)C(C)(C)C)[C@H](C)[C@@H]2[C@@H]([C@@H](C)O[Si](C)(C)C(C)(C)C)C(=O)N12. The van der Waals surface area contributed by atoms with E-state index in [1.807, 2.05) is 4.90 Å². The molecule has 1 amide bonds. The molecule has 0 aromatic carbocycles. The molecule has 2 aliphatic heterocycles. The molecule has 2 rings (SSSR count). The number of amides is 1. The average molecular weight is 438 g/mol. The lowest BCUT2D eigenvalue weighted by atomic mass is 9.79. The van der Waals surface area contributed by atoms with E-state index in [1.54, 1.807) is 0 Å². The van der Waals surface area contributed by atoms with Crippen LogP contribution >= 0.6 is 0 Å². The van der Waals surface area contributed by atoms with Crippen LogP contribution in [0.3, 0.4) is 0 Å². The third-order valence-electron chi connectivity index (χ3n) is 7.94. The normalized spacial score (nSPS) is 29.4. The van der Waals surface area contributed by atoms with E-state index in [0.29, 0.717) is 0 Å². The molecule has 0 aliphatic carbocycles. The predicted molar refractivity (Wildman–Crippen MR) is 126 cm³/mol. The van der Waals surface area contributed by atoms with Crippen LogP contribution in [0.2, 0.25) is 36.3 Å². The summed E-state index contributed by atoms with van der Waals surface area (Å²) in [6, 6.07) is 0.112. The summed E-state index contributed by atoms with van der Waals surface area (Å²) in [5.74, 6) is 0.234. The standard InChI is InChI=1S/C23H43NO3Si2/c1-14-17-20(27-29(12,13)23(7,8)9)15(2)19-18(21(25)24(17)19)16(3)26-28(10,11)22(4,5)6/h15-16,18-20H,1H2,2-13H3/t15-,16-,18-,19-,20+/m1/s1. The summed E-state index contributed by atoms with van der Waals surface area (Å²) in [5, 5.41) is 0.229. The number of nitrogens with zero attached hydrogens (tertiary/aromatic N) is 1. The van der Waals surface area contributed by atoms with Gasteiger partial charge in [0.25, 0.3) is 0 Å². The summed E-state index contributed by atoms with van der Waals surface area (Å²) >= 11 is 0. The first kappa shape index (κ1) is 24.6. The van der Waals surface area contributed by atoms with E-state index in [4.69, 9.17) is 8.85 Å². The van der Waals surface area contributed by atoms with Crippen molar-refractivity contribution in [2.24, 2.45) is 11.8 Å². The molecule has 0 radical (unpaired) electrons. The number of carbonyl (C=O) groups is 1. The van der Waals surface area contributed by atoms with Crippen LogP contribution in [0.15, 0.2) is 18.0 Å². The van der Waals surface area contributed by atoms with Crippen molar-refractivity contribution >= 4 is 22.5 Å². The highest BCUT2D eigenvalue weighted by molar-refractivity contribution is 6.74. The number of fused-ring (bicyclic) bond motifs is 1. The molecule has 2 saturated heterocycles. The van der Waals surface area contributed by atoms with E-state index in [1.165, 1.54) is 0 Å². The molecule has 4 nitrogen and oxygen atoms in total. The summed E-state index contributed by atoms with van der Waals surface area (Å²) in [5.41, 5.74) is 3.88. The smallest absolute Gasteiger partial charge is 0.235 e. The summed E-state index contributed by atoms with van der Waals surface area (Å²) in [4.78, 5) is 15.1. The average Bonchev–Trinajstić information content (AvgIpc) is 2.73. The van der Waals surface area contributed by atoms with Gasteiger partial charge >= 0.3 is 0 Å². The third-order valence-corrected chi connectivity index (χ3v) is 17.0. The molecule has 0 bridgehead atoms. The van der Waals surface area contributed by atoms with Gasteiger partial charge in [-0.15, -0.1) is 5.73 Å². The molecule has 0 spiro atoms. The Morgan fingerprint density at radius 3 is 1.93 bits per heavy atom. The Hall–Kier alpha value is -0.656. The Morgan fingerprint density at radius 2 is 1.52 bits per heavy atom. The third kappa shape index (κ3) is 4.11. The van der Waals surface area contributed by atoms with Gasteiger partial charge in [0.05, 0.1) is 29.9 Å². The van der Waals surface area contributed by atoms with Crippen LogP contribution in [0.4, 0.5) is 0 Å². The fraction of sp³-hybridized carbons (Fsp3) is 0.826. The van der Waals surface area contributed by atoms with Crippen LogP contribution in [0.1, 0.15) is 55.4 Å². The molecule has 2 fully saturated rings. The van der Waals surface area contributed by atoms with Crippen LogP contribution in [0.25, 0.3) is 0 Å². The minimum atomic E-state index is -1.99. The van der Waals surface area contributed by atoms with Crippen LogP contribution in [0.5, 0.6) is 0 Å². The maximum absolute atomic E-state index is 13.2. The maximum Gasteiger partial charge on any atom is 0.235 e. The van der Waals surface area contributed by atoms with Crippen molar-refractivity contribution in [1.82, 2.24) is 4.90 Å². The first-order valence-electron chi connectivity index (χ1n) is 11.0. The quantitative estimate of drug-likeness (QED) is 0.304. The molecule has 2 heterocycles. The lowest BCUT2D eigenvalue weighted by molar-refractivity contribution is -0.157. The highest BCUT2D eigenvalue weighted by Gasteiger charge is 2.63. The van der Waals surface area contributed by atoms with E-state index < -0.39 is 16.6 Å². The largest absolute Gasteiger partial charge is 0.413 e. The second-order valence-corrected chi connectivity index (χ2v) is 21.5. The van der Waals surface area contributed by atoms with Gasteiger partial charge in [-0.1, -0.05) is 55.0 Å². The zero-order valence-corrected chi connectivity index (χ0v) is 22.8. The van der Waals surface area contributed by atoms with Crippen molar-refractivity contribution in [2.45, 2.75) is 110 Å². The second-order valence-electron chi connectivity index (χ2n) is 12.0. The molecular formula is C23H43NO3Si2. The topological polar surface area (TPSA) is 38.8 Å². The van der Waals surface area contributed by atoms with E-state index in [9.17, 15) is 4.79 Å². The van der Waals surface area contributed by atoms with Gasteiger partial charge in [0.1, 0.15) is 0 Å². The lowest BCUT2D eigenvalue weighted by Gasteiger charge is -2.49. The molecule has 0 aromatic rings. The van der Waals surface area contributed by atoms with E-state index >= 15 is 0 Å². The predicted octanol–water partition coefficient (Wildman–Crippen LogP) is 5.93. The minimum absolute atomic E-state index is 0.0928. The number of hydrogen-bond donors (Lipinski definition) is 0. The van der Waals surface area contributed by atoms with Gasteiger partial charge in [0.15, 0.2) is 16.6 Å². The highest BCUT2D eigenvalue weighted by atomic mass is 28.4. The highest BCUT2D eigenvalue weighted by Crippen LogP contribution is 2.51. The Balaban J connectivity index is 2.27. The van der Waals surface area contributed by atoms with Crippen LogP contribution < -0.4 is 0 Å². The van der Waals surface area contributed by atoms with E-state index in [-0.39, 0.29) is 46.1 Å². The molecule has 29 heavy (non-hydrogen) atoms. The van der Waals surface area contributed by atoms with Crippen LogP contribution in [-0.4, -0.2) is 45.7 Å². The monoisotopic (exact) mass is 437 g/mol. The van der Waals surface area contributed by atoms with Crippen molar-refractivity contribution in [1.29, 1.82) is 0 Å². The summed E-state index contributed by atoms with van der Waals surface area (Å²) in [6.07, 6.45) is -0.211. The molecule has 166 valence electrons. The van der Waals surface area contributed by atoms with Gasteiger partial charge in [-0.05, 0) is 43.2 Å². The molecule has 0 aromatic heterocycles. The molecule has 2 aliphatic rings. The molecule has 6 heteroatoms. The van der Waals surface area contributed by atoms with Crippen molar-refractivity contribution in [3.8, 4) is 0 Å². The fourth-order valence-corrected chi connectivity index (χ4v) is 6.72. The number of hydrogen-bond acceptors (Lipinski definition) is 3. The summed E-state index contributed by atoms with van der Waals surface area (Å²) in [6.45, 7) is 30.6. The lowest BCUT2D eigenvalue weighted by Crippen LogP contribution is -2.63. The van der Waals surface area contributed by atoms with Crippen molar-refractivity contribution in [3.05, 3.63) is 18.0 Å². The van der Waals surface area contributed by atoms with Gasteiger partial charge in [0.2, 0.25) is 5.91 Å². The summed E-state index contributed by atoms with van der Waals surface area (Å²) < 4.78 is 13.4. The van der Waals surface area contributed by atoms with Crippen LogP contribution in [-0.2, 0) is 13.6 Å². The number of rotatable bonds is 5. The van der Waals surface area contributed by atoms with Crippen molar-refractivity contribution < 1.29 is 13.6 Å². The van der Waals surface area contributed by atoms with Gasteiger partial charge in [0, 0.05) is 5.92 Å². The van der Waals surface area contributed by atoms with Crippen molar-refractivity contribution in [2.75, 3.05) is 0 Å². The van der Waals surface area contributed by atoms with Crippen LogP contribution in [0, 0.1) is 11.8 Å². The molecular weight excluding hydrogens is 394 g/mol. The Kier molecular flexibility index (Phi) is 6.35. The van der Waals surface area contributed by atoms with Gasteiger partial charge in [-0.3, -0.25) is 4.79 Å². The summed E-state index contributed by atoms with van der Waals surface area (Å²) in [7, 11) is -3.93. The minimum Gasteiger partial charge on any atom is -0.413 e. The Bertz CT molecular complexity index is 711. The molecule has 0 unspecified atom stereocenters. The first-order chi connectivity index (χ1) is 12.9. The molecule has 0 N–H and O–H groups in total.